The van der Waals surface area contributed by atoms with Gasteiger partial charge in [0.15, 0.2) is 5.69 Å². The molecule has 0 aromatic carbocycles. The van der Waals surface area contributed by atoms with Crippen LogP contribution >= 0.6 is 0 Å². The number of carbonyl (C=O) groups excluding carboxylic acids is 3. The van der Waals surface area contributed by atoms with E-state index in [1.54, 1.807) is 36.7 Å². The van der Waals surface area contributed by atoms with Gasteiger partial charge in [0.05, 0.1) is 5.69 Å². The summed E-state index contributed by atoms with van der Waals surface area (Å²) in [6.07, 6.45) is 4.91. The molecular weight excluding hydrogens is 340 g/mol. The molecule has 4 N–H and O–H groups in total. The van der Waals surface area contributed by atoms with Gasteiger partial charge in [-0.25, -0.2) is 4.63 Å². The number of carbonyl (C=O) groups is 3. The number of nitrogens with zero attached hydrogens (tertiary/aromatic N) is 3. The molecule has 0 aliphatic rings. The van der Waals surface area contributed by atoms with Crippen molar-refractivity contribution in [2.75, 3.05) is 0 Å². The number of nitrogens with two attached hydrogens (primary N) is 1. The van der Waals surface area contributed by atoms with E-state index in [-0.39, 0.29) is 17.8 Å². The fraction of sp³-hybridized carbons (Fsp3) is 0.125. The summed E-state index contributed by atoms with van der Waals surface area (Å²) >= 11 is 0. The highest BCUT2D eigenvalue weighted by Crippen LogP contribution is 2.17. The Morgan fingerprint density at radius 2 is 2.08 bits per heavy atom. The number of hydrogen-bond donors (Lipinski definition) is 3. The molecule has 3 rings (SSSR count). The van der Waals surface area contributed by atoms with E-state index in [0.717, 1.165) is 0 Å². The molecule has 0 saturated carbocycles. The van der Waals surface area contributed by atoms with E-state index < -0.39 is 23.6 Å². The molecule has 1 unspecified atom stereocenters. The average Bonchev–Trinajstić information content (AvgIpc) is 3.32. The molecule has 0 bridgehead atoms. The van der Waals surface area contributed by atoms with E-state index in [0.29, 0.717) is 11.3 Å². The molecule has 2 amide bonds. The van der Waals surface area contributed by atoms with Crippen molar-refractivity contribution < 1.29 is 19.0 Å². The second-order valence-corrected chi connectivity index (χ2v) is 5.35. The van der Waals surface area contributed by atoms with E-state index in [4.69, 9.17) is 5.73 Å². The second-order valence-electron chi connectivity index (χ2n) is 5.35. The van der Waals surface area contributed by atoms with Gasteiger partial charge >= 0.3 is 0 Å². The third-order valence-corrected chi connectivity index (χ3v) is 3.58. The average molecular weight is 354 g/mol. The van der Waals surface area contributed by atoms with Crippen LogP contribution in [-0.2, 0) is 16.0 Å². The van der Waals surface area contributed by atoms with Crippen LogP contribution in [0.15, 0.2) is 47.5 Å². The number of H-pyrrole nitrogens is 1. The molecule has 0 spiro atoms. The van der Waals surface area contributed by atoms with Crippen LogP contribution in [0.2, 0.25) is 0 Å². The number of pyridine rings is 1. The van der Waals surface area contributed by atoms with E-state index in [9.17, 15) is 14.4 Å². The van der Waals surface area contributed by atoms with Crippen LogP contribution in [0.25, 0.3) is 11.4 Å². The van der Waals surface area contributed by atoms with E-state index in [1.165, 1.54) is 6.20 Å². The highest BCUT2D eigenvalue weighted by atomic mass is 16.6. The monoisotopic (exact) mass is 354 g/mol. The van der Waals surface area contributed by atoms with Gasteiger partial charge in [-0.05, 0) is 34.1 Å². The molecule has 10 heteroatoms. The summed E-state index contributed by atoms with van der Waals surface area (Å²) < 4.78 is 4.63. The molecule has 0 aliphatic heterocycles. The van der Waals surface area contributed by atoms with Crippen LogP contribution in [-0.4, -0.2) is 43.9 Å². The predicted octanol–water partition coefficient (Wildman–Crippen LogP) is -0.145. The van der Waals surface area contributed by atoms with Crippen LogP contribution in [0.1, 0.15) is 16.1 Å². The van der Waals surface area contributed by atoms with Crippen molar-refractivity contribution in [1.29, 1.82) is 0 Å². The minimum Gasteiger partial charge on any atom is -0.367 e. The lowest BCUT2D eigenvalue weighted by Gasteiger charge is -2.14. The normalized spacial score (nSPS) is 11.7. The van der Waals surface area contributed by atoms with Crippen molar-refractivity contribution in [2.45, 2.75) is 12.5 Å². The molecular formula is C16H14N6O4. The molecule has 3 heterocycles. The standard InChI is InChI=1S/C16H14N6O4/c17-15(24)14(23)11(7-9-4-6-18-8-9)20-16(25)13-12(21-26-22-13)10-3-1-2-5-19-10/h1-6,8,11,18H,7H2,(H2,17,24)(H,20,25). The Bertz CT molecular complexity index is 919. The fourth-order valence-corrected chi connectivity index (χ4v) is 2.34. The van der Waals surface area contributed by atoms with Gasteiger partial charge in [0.1, 0.15) is 6.04 Å². The highest BCUT2D eigenvalue weighted by molar-refractivity contribution is 6.38. The molecule has 10 nitrogen and oxygen atoms in total. The predicted molar refractivity (Wildman–Crippen MR) is 87.5 cm³/mol. The molecule has 0 aliphatic carbocycles. The van der Waals surface area contributed by atoms with Gasteiger partial charge in [-0.2, -0.15) is 0 Å². The zero-order valence-electron chi connectivity index (χ0n) is 13.4. The van der Waals surface area contributed by atoms with Crippen LogP contribution < -0.4 is 11.1 Å². The van der Waals surface area contributed by atoms with E-state index >= 15 is 0 Å². The van der Waals surface area contributed by atoms with Crippen molar-refractivity contribution in [3.8, 4) is 11.4 Å². The number of ketones is 1. The van der Waals surface area contributed by atoms with Crippen LogP contribution in [0.3, 0.4) is 0 Å². The lowest BCUT2D eigenvalue weighted by molar-refractivity contribution is -0.137. The summed E-state index contributed by atoms with van der Waals surface area (Å²) in [7, 11) is 0. The van der Waals surface area contributed by atoms with Gasteiger partial charge in [0, 0.05) is 25.0 Å². The number of nitrogens with one attached hydrogen (secondary N) is 2. The maximum absolute atomic E-state index is 12.6. The molecule has 1 atom stereocenters. The van der Waals surface area contributed by atoms with Gasteiger partial charge in [-0.3, -0.25) is 19.4 Å². The number of amides is 2. The fourth-order valence-electron chi connectivity index (χ4n) is 2.34. The number of rotatable bonds is 7. The third-order valence-electron chi connectivity index (χ3n) is 3.58. The minimum absolute atomic E-state index is 0.0845. The number of Topliss-reactive ketones (excluding diaryl/α,β-unsaturated/α-hetero) is 1. The first-order chi connectivity index (χ1) is 12.6. The van der Waals surface area contributed by atoms with Crippen molar-refractivity contribution >= 4 is 17.6 Å². The lowest BCUT2D eigenvalue weighted by atomic mass is 10.0. The number of hydrogen-bond acceptors (Lipinski definition) is 7. The minimum atomic E-state index is -1.15. The Morgan fingerprint density at radius 1 is 1.23 bits per heavy atom. The number of aromatic nitrogens is 4. The summed E-state index contributed by atoms with van der Waals surface area (Å²) in [6.45, 7) is 0. The van der Waals surface area contributed by atoms with Crippen LogP contribution in [0, 0.1) is 0 Å². The maximum atomic E-state index is 12.6. The van der Waals surface area contributed by atoms with Gasteiger partial charge < -0.3 is 16.0 Å². The molecule has 0 fully saturated rings. The van der Waals surface area contributed by atoms with Crippen molar-refractivity contribution in [2.24, 2.45) is 5.73 Å². The van der Waals surface area contributed by atoms with E-state index in [1.807, 2.05) is 0 Å². The third kappa shape index (κ3) is 3.64. The van der Waals surface area contributed by atoms with Crippen LogP contribution in [0.4, 0.5) is 0 Å². The molecule has 3 aromatic rings. The van der Waals surface area contributed by atoms with Gasteiger partial charge in [0.25, 0.3) is 11.8 Å². The van der Waals surface area contributed by atoms with Gasteiger partial charge in [-0.15, -0.1) is 0 Å². The summed E-state index contributed by atoms with van der Waals surface area (Å²) in [6, 6.07) is 5.61. The molecule has 0 radical (unpaired) electrons. The van der Waals surface area contributed by atoms with Crippen molar-refractivity contribution in [3.05, 3.63) is 54.1 Å². The summed E-state index contributed by atoms with van der Waals surface area (Å²) in [5, 5.41) is 9.71. The SMILES string of the molecule is NC(=O)C(=O)C(Cc1cc[nH]c1)NC(=O)c1nonc1-c1ccccn1. The highest BCUT2D eigenvalue weighted by Gasteiger charge is 2.29. The Kier molecular flexibility index (Phi) is 4.83. The summed E-state index contributed by atoms with van der Waals surface area (Å²) in [5.74, 6) is -2.80. The van der Waals surface area contributed by atoms with E-state index in [2.05, 4.69) is 30.2 Å². The first kappa shape index (κ1) is 17.0. The zero-order valence-corrected chi connectivity index (χ0v) is 13.4. The first-order valence-corrected chi connectivity index (χ1v) is 7.56. The Hall–Kier alpha value is -3.82. The Balaban J connectivity index is 1.83. The molecule has 3 aromatic heterocycles. The Morgan fingerprint density at radius 3 is 2.73 bits per heavy atom. The summed E-state index contributed by atoms with van der Waals surface area (Å²) in [4.78, 5) is 42.8. The first-order valence-electron chi connectivity index (χ1n) is 7.56. The van der Waals surface area contributed by atoms with Gasteiger partial charge in [0.2, 0.25) is 11.5 Å². The number of primary amides is 1. The molecule has 26 heavy (non-hydrogen) atoms. The van der Waals surface area contributed by atoms with Crippen molar-refractivity contribution in [1.82, 2.24) is 25.6 Å². The van der Waals surface area contributed by atoms with Crippen LogP contribution in [0.5, 0.6) is 0 Å². The topological polar surface area (TPSA) is 157 Å². The zero-order chi connectivity index (χ0) is 18.5. The lowest BCUT2D eigenvalue weighted by Crippen LogP contribution is -2.47. The molecule has 132 valence electrons. The Labute approximate surface area is 146 Å². The largest absolute Gasteiger partial charge is 0.367 e. The second kappa shape index (κ2) is 7.38. The molecule has 0 saturated heterocycles. The smallest absolute Gasteiger partial charge is 0.287 e. The summed E-state index contributed by atoms with van der Waals surface area (Å²) in [5.41, 5.74) is 6.14. The number of aromatic amines is 1. The quantitative estimate of drug-likeness (QED) is 0.498. The maximum Gasteiger partial charge on any atom is 0.287 e. The van der Waals surface area contributed by atoms with Gasteiger partial charge in [-0.1, -0.05) is 6.07 Å². The van der Waals surface area contributed by atoms with Crippen molar-refractivity contribution in [3.63, 3.8) is 0 Å².